The summed E-state index contributed by atoms with van der Waals surface area (Å²) in [5.74, 6) is 0.0225. The molecular weight excluding hydrogens is 142 g/mol. The van der Waals surface area contributed by atoms with E-state index in [4.69, 9.17) is 4.74 Å². The molecule has 0 aliphatic heterocycles. The van der Waals surface area contributed by atoms with E-state index in [-0.39, 0.29) is 12.0 Å². The molecule has 1 aliphatic rings. The molecule has 0 radical (unpaired) electrons. The van der Waals surface area contributed by atoms with Crippen molar-refractivity contribution in [3.63, 3.8) is 0 Å². The quantitative estimate of drug-likeness (QED) is 0.652. The lowest BCUT2D eigenvalue weighted by atomic mass is 10.4. The van der Waals surface area contributed by atoms with E-state index in [1.54, 1.807) is 6.92 Å². The van der Waals surface area contributed by atoms with Crippen LogP contribution in [-0.4, -0.2) is 24.7 Å². The highest BCUT2D eigenvalue weighted by atomic mass is 16.5. The Hall–Kier alpha value is -0.570. The van der Waals surface area contributed by atoms with Crippen molar-refractivity contribution in [2.24, 2.45) is 0 Å². The first-order valence-electron chi connectivity index (χ1n) is 4.16. The van der Waals surface area contributed by atoms with E-state index in [1.165, 1.54) is 0 Å². The second-order valence-electron chi connectivity index (χ2n) is 2.88. The maximum atomic E-state index is 11.1. The summed E-state index contributed by atoms with van der Waals surface area (Å²) in [5, 5.41) is 2.87. The minimum atomic E-state index is -0.291. The van der Waals surface area contributed by atoms with Gasteiger partial charge < -0.3 is 10.1 Å². The molecule has 3 nitrogen and oxygen atoms in total. The van der Waals surface area contributed by atoms with Gasteiger partial charge in [-0.25, -0.2) is 0 Å². The molecule has 0 spiro atoms. The Balaban J connectivity index is 2.15. The van der Waals surface area contributed by atoms with Crippen LogP contribution in [0, 0.1) is 0 Å². The summed E-state index contributed by atoms with van der Waals surface area (Å²) in [6.45, 7) is 4.27. The van der Waals surface area contributed by atoms with E-state index in [0.717, 1.165) is 12.8 Å². The van der Waals surface area contributed by atoms with Gasteiger partial charge in [-0.05, 0) is 26.7 Å². The summed E-state index contributed by atoms with van der Waals surface area (Å²) in [6, 6.07) is 0.436. The molecule has 0 bridgehead atoms. The largest absolute Gasteiger partial charge is 0.369 e. The number of hydrogen-bond acceptors (Lipinski definition) is 2. The Kier molecular flexibility index (Phi) is 2.88. The van der Waals surface area contributed by atoms with Crippen molar-refractivity contribution in [3.05, 3.63) is 0 Å². The Morgan fingerprint density at radius 3 is 2.82 bits per heavy atom. The van der Waals surface area contributed by atoms with Crippen molar-refractivity contribution in [3.8, 4) is 0 Å². The summed E-state index contributed by atoms with van der Waals surface area (Å²) in [6.07, 6.45) is 1.97. The SMILES string of the molecule is CCOC(C)C(=O)NC1CC1. The summed E-state index contributed by atoms with van der Waals surface area (Å²) in [5.41, 5.74) is 0. The number of amides is 1. The number of nitrogens with one attached hydrogen (secondary N) is 1. The number of hydrogen-bond donors (Lipinski definition) is 1. The highest BCUT2D eigenvalue weighted by Gasteiger charge is 2.25. The van der Waals surface area contributed by atoms with Gasteiger partial charge in [0.05, 0.1) is 0 Å². The van der Waals surface area contributed by atoms with Crippen molar-refractivity contribution in [1.82, 2.24) is 5.32 Å². The molecule has 0 aromatic heterocycles. The van der Waals surface area contributed by atoms with Gasteiger partial charge in [0.15, 0.2) is 0 Å². The van der Waals surface area contributed by atoms with Crippen LogP contribution < -0.4 is 5.32 Å². The van der Waals surface area contributed by atoms with E-state index in [1.807, 2.05) is 6.92 Å². The number of ether oxygens (including phenoxy) is 1. The van der Waals surface area contributed by atoms with Gasteiger partial charge in [-0.3, -0.25) is 4.79 Å². The van der Waals surface area contributed by atoms with Crippen molar-refractivity contribution in [1.29, 1.82) is 0 Å². The average Bonchev–Trinajstić information content (AvgIpc) is 2.72. The number of carbonyl (C=O) groups is 1. The predicted molar refractivity (Wildman–Crippen MR) is 42.3 cm³/mol. The first-order chi connectivity index (χ1) is 5.24. The van der Waals surface area contributed by atoms with Crippen LogP contribution in [0.4, 0.5) is 0 Å². The molecule has 3 heteroatoms. The van der Waals surface area contributed by atoms with Crippen molar-refractivity contribution in [2.45, 2.75) is 38.8 Å². The van der Waals surface area contributed by atoms with Crippen LogP contribution in [0.3, 0.4) is 0 Å². The minimum absolute atomic E-state index is 0.0225. The highest BCUT2D eigenvalue weighted by Crippen LogP contribution is 2.18. The third-order valence-electron chi connectivity index (χ3n) is 1.71. The Morgan fingerprint density at radius 1 is 1.73 bits per heavy atom. The summed E-state index contributed by atoms with van der Waals surface area (Å²) >= 11 is 0. The summed E-state index contributed by atoms with van der Waals surface area (Å²) < 4.78 is 5.12. The molecule has 11 heavy (non-hydrogen) atoms. The van der Waals surface area contributed by atoms with E-state index in [2.05, 4.69) is 5.32 Å². The molecule has 64 valence electrons. The number of carbonyl (C=O) groups excluding carboxylic acids is 1. The molecule has 1 saturated carbocycles. The van der Waals surface area contributed by atoms with Crippen LogP contribution in [-0.2, 0) is 9.53 Å². The van der Waals surface area contributed by atoms with Crippen LogP contribution in [0.5, 0.6) is 0 Å². The summed E-state index contributed by atoms with van der Waals surface area (Å²) in [4.78, 5) is 11.1. The second-order valence-corrected chi connectivity index (χ2v) is 2.88. The van der Waals surface area contributed by atoms with Gasteiger partial charge in [0.1, 0.15) is 6.10 Å². The molecule has 1 amide bonds. The van der Waals surface area contributed by atoms with Crippen LogP contribution in [0.1, 0.15) is 26.7 Å². The lowest BCUT2D eigenvalue weighted by Gasteiger charge is -2.10. The first kappa shape index (κ1) is 8.53. The second kappa shape index (κ2) is 3.72. The molecule has 0 aromatic rings. The average molecular weight is 157 g/mol. The third-order valence-corrected chi connectivity index (χ3v) is 1.71. The van der Waals surface area contributed by atoms with E-state index in [9.17, 15) is 4.79 Å². The Labute approximate surface area is 67.1 Å². The zero-order chi connectivity index (χ0) is 8.27. The maximum absolute atomic E-state index is 11.1. The molecule has 0 heterocycles. The maximum Gasteiger partial charge on any atom is 0.249 e. The zero-order valence-electron chi connectivity index (χ0n) is 7.09. The van der Waals surface area contributed by atoms with E-state index < -0.39 is 0 Å². The molecule has 1 unspecified atom stereocenters. The Morgan fingerprint density at radius 2 is 2.36 bits per heavy atom. The molecule has 1 fully saturated rings. The molecule has 0 saturated heterocycles. The third kappa shape index (κ3) is 2.89. The van der Waals surface area contributed by atoms with Gasteiger partial charge in [-0.1, -0.05) is 0 Å². The fourth-order valence-electron chi connectivity index (χ4n) is 0.872. The number of rotatable bonds is 4. The lowest BCUT2D eigenvalue weighted by molar-refractivity contribution is -0.131. The topological polar surface area (TPSA) is 38.3 Å². The Bertz CT molecular complexity index is 143. The van der Waals surface area contributed by atoms with Gasteiger partial charge in [-0.15, -0.1) is 0 Å². The van der Waals surface area contributed by atoms with Gasteiger partial charge >= 0.3 is 0 Å². The van der Waals surface area contributed by atoms with E-state index in [0.29, 0.717) is 12.6 Å². The van der Waals surface area contributed by atoms with Crippen molar-refractivity contribution >= 4 is 5.91 Å². The smallest absolute Gasteiger partial charge is 0.249 e. The first-order valence-corrected chi connectivity index (χ1v) is 4.16. The molecule has 1 atom stereocenters. The fraction of sp³-hybridized carbons (Fsp3) is 0.875. The van der Waals surface area contributed by atoms with Crippen LogP contribution in [0.15, 0.2) is 0 Å². The van der Waals surface area contributed by atoms with Gasteiger partial charge in [0, 0.05) is 12.6 Å². The molecule has 1 N–H and O–H groups in total. The zero-order valence-corrected chi connectivity index (χ0v) is 7.09. The molecule has 1 rings (SSSR count). The molecular formula is C8H15NO2. The van der Waals surface area contributed by atoms with Crippen LogP contribution >= 0.6 is 0 Å². The molecule has 0 aromatic carbocycles. The van der Waals surface area contributed by atoms with Crippen molar-refractivity contribution in [2.75, 3.05) is 6.61 Å². The highest BCUT2D eigenvalue weighted by molar-refractivity contribution is 5.80. The normalized spacial score (nSPS) is 19.5. The predicted octanol–water partition coefficient (Wildman–Crippen LogP) is 0.690. The van der Waals surface area contributed by atoms with Gasteiger partial charge in [0.2, 0.25) is 5.91 Å². The monoisotopic (exact) mass is 157 g/mol. The van der Waals surface area contributed by atoms with Crippen LogP contribution in [0.2, 0.25) is 0 Å². The molecule has 1 aliphatic carbocycles. The minimum Gasteiger partial charge on any atom is -0.369 e. The van der Waals surface area contributed by atoms with Crippen molar-refractivity contribution < 1.29 is 9.53 Å². The lowest BCUT2D eigenvalue weighted by Crippen LogP contribution is -2.35. The van der Waals surface area contributed by atoms with Crippen LogP contribution in [0.25, 0.3) is 0 Å². The fourth-order valence-corrected chi connectivity index (χ4v) is 0.872. The standard InChI is InChI=1S/C8H15NO2/c1-3-11-6(2)8(10)9-7-4-5-7/h6-7H,3-5H2,1-2H3,(H,9,10). The van der Waals surface area contributed by atoms with Gasteiger partial charge in [-0.2, -0.15) is 0 Å². The summed E-state index contributed by atoms with van der Waals surface area (Å²) in [7, 11) is 0. The van der Waals surface area contributed by atoms with E-state index >= 15 is 0 Å². The van der Waals surface area contributed by atoms with Gasteiger partial charge in [0.25, 0.3) is 0 Å².